The molecule has 0 amide bonds. The minimum atomic E-state index is -0.813. The van der Waals surface area contributed by atoms with Gasteiger partial charge < -0.3 is 14.2 Å². The highest BCUT2D eigenvalue weighted by atomic mass is 16.6. The molecule has 0 aromatic heterocycles. The molecule has 0 fully saturated rings. The molecule has 6 nitrogen and oxygen atoms in total. The lowest BCUT2D eigenvalue weighted by Gasteiger charge is -2.18. The number of rotatable bonds is 59. The van der Waals surface area contributed by atoms with E-state index in [0.717, 1.165) is 141 Å². The first kappa shape index (κ1) is 76.3. The molecule has 0 saturated carbocycles. The van der Waals surface area contributed by atoms with Crippen molar-refractivity contribution in [1.29, 1.82) is 0 Å². The molecular weight excluding hydrogens is 997 g/mol. The molecule has 1 unspecified atom stereocenters. The quantitative estimate of drug-likeness (QED) is 0.0261. The van der Waals surface area contributed by atoms with Gasteiger partial charge in [-0.15, -0.1) is 0 Å². The Balaban J connectivity index is 4.28. The van der Waals surface area contributed by atoms with Crippen LogP contribution < -0.4 is 0 Å². The van der Waals surface area contributed by atoms with Crippen LogP contribution in [-0.4, -0.2) is 37.2 Å². The van der Waals surface area contributed by atoms with Gasteiger partial charge in [0.1, 0.15) is 13.2 Å². The summed E-state index contributed by atoms with van der Waals surface area (Å²) in [5, 5.41) is 0. The molecule has 0 rings (SSSR count). The van der Waals surface area contributed by atoms with E-state index in [1.54, 1.807) is 0 Å². The van der Waals surface area contributed by atoms with Gasteiger partial charge in [-0.05, 0) is 135 Å². The van der Waals surface area contributed by atoms with Crippen LogP contribution in [0.3, 0.4) is 0 Å². The van der Waals surface area contributed by atoms with Gasteiger partial charge in [0, 0.05) is 19.3 Å². The summed E-state index contributed by atoms with van der Waals surface area (Å²) < 4.78 is 16.9. The third-order valence-corrected chi connectivity index (χ3v) is 13.8. The van der Waals surface area contributed by atoms with Gasteiger partial charge >= 0.3 is 17.9 Å². The normalized spacial score (nSPS) is 13.1. The maximum atomic E-state index is 12.9. The van der Waals surface area contributed by atoms with E-state index in [2.05, 4.69) is 167 Å². The van der Waals surface area contributed by atoms with Crippen LogP contribution in [0.25, 0.3) is 0 Å². The summed E-state index contributed by atoms with van der Waals surface area (Å²) in [4.78, 5) is 38.3. The molecule has 0 heterocycles. The Morgan fingerprint density at radius 3 is 0.704 bits per heavy atom. The highest BCUT2D eigenvalue weighted by Crippen LogP contribution is 2.16. The summed E-state index contributed by atoms with van der Waals surface area (Å²) in [7, 11) is 0. The van der Waals surface area contributed by atoms with Crippen molar-refractivity contribution < 1.29 is 28.6 Å². The molecule has 81 heavy (non-hydrogen) atoms. The highest BCUT2D eigenvalue weighted by molar-refractivity contribution is 5.71. The van der Waals surface area contributed by atoms with Gasteiger partial charge in [0.2, 0.25) is 0 Å². The zero-order valence-electron chi connectivity index (χ0n) is 52.5. The van der Waals surface area contributed by atoms with E-state index in [1.807, 2.05) is 0 Å². The monoisotopic (exact) mass is 1120 g/mol. The molecule has 0 aliphatic rings. The summed E-state index contributed by atoms with van der Waals surface area (Å²) >= 11 is 0. The molecule has 0 saturated heterocycles. The van der Waals surface area contributed by atoms with E-state index in [-0.39, 0.29) is 37.5 Å². The van der Waals surface area contributed by atoms with Gasteiger partial charge in [0.15, 0.2) is 6.10 Å². The van der Waals surface area contributed by atoms with E-state index < -0.39 is 6.10 Å². The fourth-order valence-corrected chi connectivity index (χ4v) is 8.95. The molecular formula is C75H122O6. The summed E-state index contributed by atoms with van der Waals surface area (Å²) in [6.45, 7) is 6.26. The molecule has 0 spiro atoms. The number of unbranched alkanes of at least 4 members (excludes halogenated alkanes) is 24. The molecule has 458 valence electrons. The largest absolute Gasteiger partial charge is 0.462 e. The maximum Gasteiger partial charge on any atom is 0.306 e. The van der Waals surface area contributed by atoms with Crippen LogP contribution in [0.4, 0.5) is 0 Å². The first-order valence-corrected chi connectivity index (χ1v) is 33.3. The summed E-state index contributed by atoms with van der Waals surface area (Å²) in [5.74, 6) is -0.964. The second kappa shape index (κ2) is 67.8. The van der Waals surface area contributed by atoms with E-state index in [9.17, 15) is 14.4 Å². The molecule has 0 aliphatic carbocycles. The Labute approximate surface area is 499 Å². The van der Waals surface area contributed by atoms with Crippen LogP contribution in [0.5, 0.6) is 0 Å². The van der Waals surface area contributed by atoms with Crippen LogP contribution in [0, 0.1) is 0 Å². The first-order chi connectivity index (χ1) is 40.0. The number of carbonyl (C=O) groups excluding carboxylic acids is 3. The fourth-order valence-electron chi connectivity index (χ4n) is 8.95. The third-order valence-electron chi connectivity index (χ3n) is 13.8. The molecule has 0 N–H and O–H groups in total. The third kappa shape index (κ3) is 66.0. The zero-order valence-corrected chi connectivity index (χ0v) is 52.5. The molecule has 0 radical (unpaired) electrons. The van der Waals surface area contributed by atoms with Gasteiger partial charge in [-0.3, -0.25) is 14.4 Å². The summed E-state index contributed by atoms with van der Waals surface area (Å²) in [6, 6.07) is 0. The van der Waals surface area contributed by atoms with E-state index in [4.69, 9.17) is 14.2 Å². The van der Waals surface area contributed by atoms with Crippen LogP contribution in [0.15, 0.2) is 146 Å². The SMILES string of the molecule is CC/C=C\C/C=C\C/C=C\C/C=C\C/C=C\CCCCCC(=O)OC(COC(=O)CCCCC/C=C\C/C=C\C/C=C\CC)COC(=O)CCCCCCCCCCCCCCCCCCCC/C=C\C/C=C\C/C=C\C/C=C\CC. The number of hydrogen-bond acceptors (Lipinski definition) is 6. The molecule has 1 atom stereocenters. The Morgan fingerprint density at radius 2 is 0.444 bits per heavy atom. The van der Waals surface area contributed by atoms with Crippen molar-refractivity contribution in [3.8, 4) is 0 Å². The average molecular weight is 1120 g/mol. The topological polar surface area (TPSA) is 78.9 Å². The number of esters is 3. The molecule has 0 bridgehead atoms. The average Bonchev–Trinajstić information content (AvgIpc) is 3.46. The number of hydrogen-bond donors (Lipinski definition) is 0. The van der Waals surface area contributed by atoms with Crippen molar-refractivity contribution in [2.45, 2.75) is 297 Å². The fraction of sp³-hybridized carbons (Fsp3) is 0.640. The Morgan fingerprint density at radius 1 is 0.247 bits per heavy atom. The minimum Gasteiger partial charge on any atom is -0.462 e. The maximum absolute atomic E-state index is 12.9. The van der Waals surface area contributed by atoms with E-state index in [0.29, 0.717) is 19.3 Å². The van der Waals surface area contributed by atoms with E-state index >= 15 is 0 Å². The van der Waals surface area contributed by atoms with Crippen molar-refractivity contribution in [2.75, 3.05) is 13.2 Å². The van der Waals surface area contributed by atoms with Crippen LogP contribution in [0.2, 0.25) is 0 Å². The molecule has 0 aromatic carbocycles. The van der Waals surface area contributed by atoms with Crippen LogP contribution in [-0.2, 0) is 28.6 Å². The minimum absolute atomic E-state index is 0.104. The second-order valence-corrected chi connectivity index (χ2v) is 21.6. The van der Waals surface area contributed by atoms with Gasteiger partial charge in [0.05, 0.1) is 0 Å². The second-order valence-electron chi connectivity index (χ2n) is 21.6. The summed E-state index contributed by atoms with van der Waals surface area (Å²) in [6.07, 6.45) is 97.4. The standard InChI is InChI=1S/C75H122O6/c1-4-7-10-13-16-19-22-25-27-29-31-32-33-34-35-36-37-38-39-40-41-42-44-45-47-50-53-56-59-62-65-68-74(77)80-71-72(70-79-73(76)67-64-61-58-55-52-49-24-21-18-15-12-9-6-3)81-75(78)69-66-63-60-57-54-51-48-46-43-30-28-26-23-20-17-14-11-8-5-2/h7-12,16-21,25-28,31-32,43,46,49,51-52,54,72H,4-6,13-15,22-24,29-30,33-42,44-45,47-48,50,53,55-71H2,1-3H3/b10-7-,11-8-,12-9-,19-16-,20-17-,21-18-,27-25-,28-26-,32-31-,46-43-,52-49-,54-51-. The van der Waals surface area contributed by atoms with Crippen molar-refractivity contribution in [2.24, 2.45) is 0 Å². The summed E-state index contributed by atoms with van der Waals surface area (Å²) in [5.41, 5.74) is 0. The van der Waals surface area contributed by atoms with Crippen LogP contribution >= 0.6 is 0 Å². The molecule has 6 heteroatoms. The smallest absolute Gasteiger partial charge is 0.306 e. The van der Waals surface area contributed by atoms with Gasteiger partial charge in [0.25, 0.3) is 0 Å². The van der Waals surface area contributed by atoms with Crippen molar-refractivity contribution in [1.82, 2.24) is 0 Å². The number of carbonyl (C=O) groups is 3. The van der Waals surface area contributed by atoms with E-state index in [1.165, 1.54) is 103 Å². The van der Waals surface area contributed by atoms with Crippen LogP contribution in [0.1, 0.15) is 290 Å². The lowest BCUT2D eigenvalue weighted by Crippen LogP contribution is -2.30. The first-order valence-electron chi connectivity index (χ1n) is 33.3. The van der Waals surface area contributed by atoms with Gasteiger partial charge in [-0.1, -0.05) is 282 Å². The zero-order chi connectivity index (χ0) is 58.5. The lowest BCUT2D eigenvalue weighted by atomic mass is 10.0. The highest BCUT2D eigenvalue weighted by Gasteiger charge is 2.19. The van der Waals surface area contributed by atoms with Crippen molar-refractivity contribution in [3.63, 3.8) is 0 Å². The molecule has 0 aliphatic heterocycles. The van der Waals surface area contributed by atoms with Gasteiger partial charge in [-0.2, -0.15) is 0 Å². The Bertz CT molecular complexity index is 1760. The van der Waals surface area contributed by atoms with Gasteiger partial charge in [-0.25, -0.2) is 0 Å². The Hall–Kier alpha value is -4.71. The Kier molecular flexibility index (Phi) is 63.9. The van der Waals surface area contributed by atoms with Crippen molar-refractivity contribution >= 4 is 17.9 Å². The predicted octanol–water partition coefficient (Wildman–Crippen LogP) is 23.1. The number of allylic oxidation sites excluding steroid dienone is 24. The lowest BCUT2D eigenvalue weighted by molar-refractivity contribution is -0.167. The number of ether oxygens (including phenoxy) is 3. The van der Waals surface area contributed by atoms with Crippen molar-refractivity contribution in [3.05, 3.63) is 146 Å². The predicted molar refractivity (Wildman–Crippen MR) is 352 cm³/mol. The molecule has 0 aromatic rings.